The summed E-state index contributed by atoms with van der Waals surface area (Å²) in [5.41, 5.74) is 19.9. The average molecular weight is 194 g/mol. The van der Waals surface area contributed by atoms with Crippen LogP contribution in [0.15, 0.2) is 6.07 Å². The van der Waals surface area contributed by atoms with Crippen LogP contribution in [0.2, 0.25) is 0 Å². The minimum absolute atomic E-state index is 0.462. The lowest BCUT2D eigenvalue weighted by atomic mass is 10.2. The second kappa shape index (κ2) is 2.87. The highest BCUT2D eigenvalue weighted by Crippen LogP contribution is 2.42. The van der Waals surface area contributed by atoms with Crippen LogP contribution in [0, 0.1) is 0 Å². The first-order valence-electron chi connectivity index (χ1n) is 4.41. The molecule has 5 nitrogen and oxygen atoms in total. The fourth-order valence-corrected chi connectivity index (χ4v) is 1.50. The van der Waals surface area contributed by atoms with Crippen LogP contribution < -0.4 is 26.8 Å². The van der Waals surface area contributed by atoms with Crippen molar-refractivity contribution in [3.63, 3.8) is 0 Å². The zero-order chi connectivity index (χ0) is 10.3. The molecule has 76 valence electrons. The van der Waals surface area contributed by atoms with E-state index in [-0.39, 0.29) is 0 Å². The third-order valence-corrected chi connectivity index (χ3v) is 2.35. The molecule has 1 aliphatic heterocycles. The summed E-state index contributed by atoms with van der Waals surface area (Å²) in [6.45, 7) is 1.97. The van der Waals surface area contributed by atoms with E-state index in [2.05, 4.69) is 4.90 Å². The largest absolute Gasteiger partial charge is 0.494 e. The summed E-state index contributed by atoms with van der Waals surface area (Å²) in [4.78, 5) is 2.07. The number of nitrogens with two attached hydrogens (primary N) is 3. The number of rotatable bonds is 2. The topological polar surface area (TPSA) is 90.3 Å². The molecule has 1 aromatic carbocycles. The molecular weight excluding hydrogens is 180 g/mol. The van der Waals surface area contributed by atoms with Crippen LogP contribution >= 0.6 is 0 Å². The van der Waals surface area contributed by atoms with Crippen LogP contribution in [-0.2, 0) is 0 Å². The predicted octanol–water partition coefficient (Wildman–Crippen LogP) is 0.262. The number of ether oxygens (including phenoxy) is 1. The molecule has 6 N–H and O–H groups in total. The molecule has 2 rings (SSSR count). The van der Waals surface area contributed by atoms with Crippen molar-refractivity contribution in [1.29, 1.82) is 0 Å². The molecule has 0 amide bonds. The molecule has 1 heterocycles. The molecule has 1 saturated heterocycles. The van der Waals surface area contributed by atoms with Crippen LogP contribution in [0.5, 0.6) is 5.75 Å². The van der Waals surface area contributed by atoms with Gasteiger partial charge in [-0.2, -0.15) is 0 Å². The van der Waals surface area contributed by atoms with Gasteiger partial charge in [-0.25, -0.2) is 0 Å². The summed E-state index contributed by atoms with van der Waals surface area (Å²) in [5, 5.41) is 0. The van der Waals surface area contributed by atoms with Crippen molar-refractivity contribution in [3.8, 4) is 5.75 Å². The fourth-order valence-electron chi connectivity index (χ4n) is 1.50. The van der Waals surface area contributed by atoms with Crippen molar-refractivity contribution in [2.75, 3.05) is 42.3 Å². The first-order valence-corrected chi connectivity index (χ1v) is 4.41. The van der Waals surface area contributed by atoms with E-state index >= 15 is 0 Å². The quantitative estimate of drug-likeness (QED) is 0.464. The molecule has 0 spiro atoms. The highest BCUT2D eigenvalue weighted by atomic mass is 16.5. The Balaban J connectivity index is 2.56. The predicted molar refractivity (Wildman–Crippen MR) is 58.4 cm³/mol. The van der Waals surface area contributed by atoms with E-state index in [1.165, 1.54) is 0 Å². The lowest BCUT2D eigenvalue weighted by Crippen LogP contribution is -2.06. The molecule has 0 aromatic heterocycles. The first kappa shape index (κ1) is 8.80. The van der Waals surface area contributed by atoms with Crippen molar-refractivity contribution < 1.29 is 4.74 Å². The Morgan fingerprint density at radius 2 is 1.86 bits per heavy atom. The number of methoxy groups -OCH3 is 1. The van der Waals surface area contributed by atoms with Crippen LogP contribution in [-0.4, -0.2) is 20.2 Å². The van der Waals surface area contributed by atoms with Gasteiger partial charge in [0.1, 0.15) is 5.75 Å². The van der Waals surface area contributed by atoms with Gasteiger partial charge in [-0.1, -0.05) is 0 Å². The SMILES string of the molecule is COc1cc(N)c(N2CC2)c(N)c1N. The Morgan fingerprint density at radius 3 is 2.36 bits per heavy atom. The molecular formula is C9H14N4O. The molecule has 0 aliphatic carbocycles. The van der Waals surface area contributed by atoms with Gasteiger partial charge in [0, 0.05) is 19.2 Å². The van der Waals surface area contributed by atoms with Gasteiger partial charge in [0.2, 0.25) is 0 Å². The Hall–Kier alpha value is -1.78. The van der Waals surface area contributed by atoms with Crippen molar-refractivity contribution in [2.45, 2.75) is 0 Å². The van der Waals surface area contributed by atoms with E-state index in [0.29, 0.717) is 22.8 Å². The average Bonchev–Trinajstić information content (AvgIpc) is 2.95. The van der Waals surface area contributed by atoms with Crippen molar-refractivity contribution in [3.05, 3.63) is 6.07 Å². The lowest BCUT2D eigenvalue weighted by molar-refractivity contribution is 0.417. The van der Waals surface area contributed by atoms with Crippen molar-refractivity contribution in [2.24, 2.45) is 0 Å². The Morgan fingerprint density at radius 1 is 1.21 bits per heavy atom. The maximum atomic E-state index is 5.87. The number of hydrogen-bond donors (Lipinski definition) is 3. The fraction of sp³-hybridized carbons (Fsp3) is 0.333. The summed E-state index contributed by atoms with van der Waals surface area (Å²) in [5.74, 6) is 0.533. The summed E-state index contributed by atoms with van der Waals surface area (Å²) in [6.07, 6.45) is 0. The first-order chi connectivity index (χ1) is 6.65. The molecule has 14 heavy (non-hydrogen) atoms. The zero-order valence-corrected chi connectivity index (χ0v) is 8.08. The third kappa shape index (κ3) is 1.17. The Kier molecular flexibility index (Phi) is 1.80. The van der Waals surface area contributed by atoms with Crippen LogP contribution in [0.4, 0.5) is 22.7 Å². The molecule has 1 aliphatic rings. The normalized spacial score (nSPS) is 14.2. The summed E-state index contributed by atoms with van der Waals surface area (Å²) in [6, 6.07) is 1.71. The molecule has 0 atom stereocenters. The monoisotopic (exact) mass is 194 g/mol. The number of benzene rings is 1. The van der Waals surface area contributed by atoms with Gasteiger partial charge in [0.05, 0.1) is 29.9 Å². The van der Waals surface area contributed by atoms with Gasteiger partial charge in [-0.15, -0.1) is 0 Å². The smallest absolute Gasteiger partial charge is 0.146 e. The van der Waals surface area contributed by atoms with Gasteiger partial charge in [0.25, 0.3) is 0 Å². The van der Waals surface area contributed by atoms with Gasteiger partial charge in [-0.05, 0) is 0 Å². The highest BCUT2D eigenvalue weighted by Gasteiger charge is 2.25. The molecule has 0 unspecified atom stereocenters. The summed E-state index contributed by atoms with van der Waals surface area (Å²) < 4.78 is 5.06. The van der Waals surface area contributed by atoms with E-state index < -0.39 is 0 Å². The van der Waals surface area contributed by atoms with Crippen LogP contribution in [0.3, 0.4) is 0 Å². The maximum absolute atomic E-state index is 5.87. The van der Waals surface area contributed by atoms with Gasteiger partial charge >= 0.3 is 0 Å². The van der Waals surface area contributed by atoms with Gasteiger partial charge in [0.15, 0.2) is 0 Å². The van der Waals surface area contributed by atoms with E-state index in [9.17, 15) is 0 Å². The Bertz CT molecular complexity index is 374. The number of nitrogens with zero attached hydrogens (tertiary/aromatic N) is 1. The van der Waals surface area contributed by atoms with Crippen molar-refractivity contribution in [1.82, 2.24) is 0 Å². The lowest BCUT2D eigenvalue weighted by Gasteiger charge is -2.15. The minimum Gasteiger partial charge on any atom is -0.494 e. The molecule has 1 fully saturated rings. The summed E-state index contributed by atoms with van der Waals surface area (Å²) in [7, 11) is 1.54. The van der Waals surface area contributed by atoms with Crippen LogP contribution in [0.25, 0.3) is 0 Å². The number of hydrogen-bond acceptors (Lipinski definition) is 5. The number of nitrogen functional groups attached to an aromatic ring is 3. The summed E-state index contributed by atoms with van der Waals surface area (Å²) >= 11 is 0. The van der Waals surface area contributed by atoms with Crippen LogP contribution in [0.1, 0.15) is 0 Å². The zero-order valence-electron chi connectivity index (χ0n) is 8.08. The number of anilines is 4. The molecule has 0 saturated carbocycles. The Labute approximate surface area is 82.4 Å². The highest BCUT2D eigenvalue weighted by molar-refractivity contribution is 5.93. The molecule has 0 bridgehead atoms. The standard InChI is InChI=1S/C9H14N4O/c1-14-6-4-5(10)9(13-2-3-13)8(12)7(6)11/h4H,2-3,10-12H2,1H3. The van der Waals surface area contributed by atoms with E-state index in [0.717, 1.165) is 18.8 Å². The van der Waals surface area contributed by atoms with Crippen molar-refractivity contribution >= 4 is 22.7 Å². The van der Waals surface area contributed by atoms with E-state index in [1.807, 2.05) is 0 Å². The van der Waals surface area contributed by atoms with Gasteiger partial charge < -0.3 is 26.8 Å². The molecule has 5 heteroatoms. The third-order valence-electron chi connectivity index (χ3n) is 2.35. The second-order valence-corrected chi connectivity index (χ2v) is 3.33. The molecule has 1 aromatic rings. The molecule has 0 radical (unpaired) electrons. The van der Waals surface area contributed by atoms with Gasteiger partial charge in [-0.3, -0.25) is 0 Å². The minimum atomic E-state index is 0.462. The van der Waals surface area contributed by atoms with E-state index in [4.69, 9.17) is 21.9 Å². The van der Waals surface area contributed by atoms with E-state index in [1.54, 1.807) is 13.2 Å². The maximum Gasteiger partial charge on any atom is 0.146 e. The second-order valence-electron chi connectivity index (χ2n) is 3.33.